The van der Waals surface area contributed by atoms with Crippen molar-refractivity contribution in [3.63, 3.8) is 0 Å². The van der Waals surface area contributed by atoms with Gasteiger partial charge in [0.15, 0.2) is 0 Å². The summed E-state index contributed by atoms with van der Waals surface area (Å²) in [6, 6.07) is 20.0. The van der Waals surface area contributed by atoms with E-state index in [9.17, 15) is 22.1 Å². The van der Waals surface area contributed by atoms with Gasteiger partial charge in [-0.15, -0.1) is 0 Å². The molecule has 0 atom stereocenters. The first kappa shape index (κ1) is 19.8. The van der Waals surface area contributed by atoms with Gasteiger partial charge in [0.1, 0.15) is 13.1 Å². The second kappa shape index (κ2) is 6.71. The van der Waals surface area contributed by atoms with E-state index < -0.39 is 19.5 Å². The van der Waals surface area contributed by atoms with Crippen LogP contribution in [0.3, 0.4) is 0 Å². The van der Waals surface area contributed by atoms with Gasteiger partial charge in [-0.25, -0.2) is 5.21 Å². The first-order valence-corrected chi connectivity index (χ1v) is 12.3. The van der Waals surface area contributed by atoms with E-state index in [1.807, 2.05) is 60.7 Å². The van der Waals surface area contributed by atoms with Crippen molar-refractivity contribution in [3.05, 3.63) is 71.8 Å². The fraction of sp³-hybridized carbons (Fsp3) is 0.143. The van der Waals surface area contributed by atoms with Crippen LogP contribution in [0.15, 0.2) is 60.7 Å². The Morgan fingerprint density at radius 3 is 1.17 bits per heavy atom. The molecule has 0 heterocycles. The van der Waals surface area contributed by atoms with Crippen LogP contribution >= 0.6 is 0 Å². The van der Waals surface area contributed by atoms with Gasteiger partial charge in [-0.3, -0.25) is 0 Å². The molecule has 9 heteroatoms. The Hall–Kier alpha value is -1.24. The van der Waals surface area contributed by atoms with Crippen molar-refractivity contribution < 1.29 is 27.1 Å². The van der Waals surface area contributed by atoms with Crippen LogP contribution < -0.4 is 5.06 Å². The molecule has 0 spiro atoms. The number of halogens is 6. The van der Waals surface area contributed by atoms with Crippen LogP contribution in [0.4, 0.5) is 16.9 Å². The average Bonchev–Trinajstić information content (AvgIpc) is 2.37. The van der Waals surface area contributed by atoms with Crippen LogP contribution in [-0.2, 0) is 13.1 Å². The van der Waals surface area contributed by atoms with Crippen molar-refractivity contribution >= 4 is 19.5 Å². The molecule has 0 fully saturated rings. The van der Waals surface area contributed by atoms with Gasteiger partial charge in [0.2, 0.25) is 0 Å². The molecule has 2 N–H and O–H groups in total. The summed E-state index contributed by atoms with van der Waals surface area (Å²) in [6.07, 6.45) is 0. The van der Waals surface area contributed by atoms with Crippen LogP contribution in [0.25, 0.3) is 0 Å². The molecular weight excluding hydrogens is 434 g/mol. The molecule has 0 aliphatic carbocycles. The summed E-state index contributed by atoms with van der Waals surface area (Å²) in [4.78, 5) is 0. The van der Waals surface area contributed by atoms with E-state index >= 15 is 0 Å². The van der Waals surface area contributed by atoms with Crippen LogP contribution in [0.1, 0.15) is 11.1 Å². The Morgan fingerprint density at radius 1 is 0.652 bits per heavy atom. The van der Waals surface area contributed by atoms with Crippen molar-refractivity contribution in [3.8, 4) is 0 Å². The van der Waals surface area contributed by atoms with Gasteiger partial charge in [0.05, 0.1) is 0 Å². The van der Waals surface area contributed by atoms with E-state index in [0.29, 0.717) is 18.2 Å². The number of hydrogen-bond donors (Lipinski definition) is 2. The molecule has 2 aromatic carbocycles. The summed E-state index contributed by atoms with van der Waals surface area (Å²) in [6.45, 7) is 1.27. The monoisotopic (exact) mass is 449 g/mol. The fourth-order valence-electron chi connectivity index (χ4n) is 1.73. The van der Waals surface area contributed by atoms with Crippen LogP contribution in [0.5, 0.6) is 0 Å². The van der Waals surface area contributed by atoms with Gasteiger partial charge < -0.3 is 0 Å². The fourth-order valence-corrected chi connectivity index (χ4v) is 1.73. The Balaban J connectivity index is 0.000000322. The van der Waals surface area contributed by atoms with Gasteiger partial charge in [0.25, 0.3) is 0 Å². The second-order valence-electron chi connectivity index (χ2n) is 4.85. The molecule has 2 rings (SSSR count). The number of benzene rings is 2. The van der Waals surface area contributed by atoms with Crippen molar-refractivity contribution in [1.29, 1.82) is 0 Å². The Bertz CT molecular complexity index is 550. The minimum absolute atomic E-state index is 0.511. The third-order valence-electron chi connectivity index (χ3n) is 2.50. The van der Waals surface area contributed by atoms with E-state index in [4.69, 9.17) is 0 Å². The standard InChI is InChI=1S/C14H15NO.6FH.Sb/c16-15(11-13-7-3-1-4-8-13)12-14-9-5-2-6-10-14;;;;;;;/h1-10,16H,11-12H2;6*1H;/q;;;;;;;+5/p-5. The molecule has 0 saturated carbocycles. The molecule has 2 nitrogen and oxygen atoms in total. The second-order valence-corrected chi connectivity index (χ2v) is 10.3. The zero-order valence-electron chi connectivity index (χ0n) is 11.8. The molecule has 0 aromatic heterocycles. The number of rotatable bonds is 4. The molecule has 0 aliphatic rings. The number of nitrogens with one attached hydrogen (secondary N) is 1. The van der Waals surface area contributed by atoms with Gasteiger partial charge in [-0.05, 0) is 0 Å². The zero-order valence-corrected chi connectivity index (χ0v) is 14.4. The van der Waals surface area contributed by atoms with E-state index in [2.05, 4.69) is 0 Å². The summed E-state index contributed by atoms with van der Waals surface area (Å²) in [5.74, 6) is 0. The maximum absolute atomic E-state index is 11.2. The Labute approximate surface area is 131 Å². The SMILES string of the molecule is O[NH+](Cc1ccccc1)Cc1ccccc1.[F][Sb-]([F])([F])([F])([F])[F]. The molecule has 0 aliphatic heterocycles. The predicted octanol–water partition coefficient (Wildman–Crippen LogP) is 3.80. The van der Waals surface area contributed by atoms with Gasteiger partial charge in [0, 0.05) is 11.1 Å². The number of hydroxylamine groups is 2. The van der Waals surface area contributed by atoms with Gasteiger partial charge in [-0.2, -0.15) is 5.06 Å². The summed E-state index contributed by atoms with van der Waals surface area (Å²) in [5.41, 5.74) is 2.30. The van der Waals surface area contributed by atoms with E-state index in [-0.39, 0.29) is 0 Å². The number of hydrogen-bond acceptors (Lipinski definition) is 1. The third kappa shape index (κ3) is 14.1. The summed E-state index contributed by atoms with van der Waals surface area (Å²) < 4.78 is 59.6. The first-order valence-electron chi connectivity index (χ1n) is 6.47. The van der Waals surface area contributed by atoms with Gasteiger partial charge in [-0.1, -0.05) is 60.7 Å². The van der Waals surface area contributed by atoms with Crippen molar-refractivity contribution in [2.24, 2.45) is 0 Å². The average molecular weight is 450 g/mol. The van der Waals surface area contributed by atoms with Crippen LogP contribution in [-0.4, -0.2) is 24.7 Å². The predicted molar refractivity (Wildman–Crippen MR) is 75.4 cm³/mol. The van der Waals surface area contributed by atoms with Crippen LogP contribution in [0.2, 0.25) is 0 Å². The van der Waals surface area contributed by atoms with E-state index in [1.165, 1.54) is 0 Å². The summed E-state index contributed by atoms with van der Waals surface area (Å²) in [5, 5.41) is 10.4. The normalized spacial score (nSPS) is 14.4. The van der Waals surface area contributed by atoms with Gasteiger partial charge >= 0.3 is 36.4 Å². The zero-order chi connectivity index (χ0) is 17.6. The third-order valence-corrected chi connectivity index (χ3v) is 2.50. The van der Waals surface area contributed by atoms with Crippen LogP contribution in [0, 0.1) is 0 Å². The van der Waals surface area contributed by atoms with E-state index in [0.717, 1.165) is 11.1 Å². The molecule has 0 unspecified atom stereocenters. The molecular formula is C14H16F6NOSb. The molecule has 0 saturated heterocycles. The molecule has 2 aromatic rings. The van der Waals surface area contributed by atoms with Crippen molar-refractivity contribution in [2.45, 2.75) is 13.1 Å². The maximum atomic E-state index is 9.93. The molecule has 0 bridgehead atoms. The quantitative estimate of drug-likeness (QED) is 0.414. The summed E-state index contributed by atoms with van der Waals surface area (Å²) in [7, 11) is 0. The van der Waals surface area contributed by atoms with Crippen molar-refractivity contribution in [2.75, 3.05) is 0 Å². The summed E-state index contributed by atoms with van der Waals surface area (Å²) >= 11 is -11.2. The number of quaternary nitrogens is 1. The molecule has 0 amide bonds. The van der Waals surface area contributed by atoms with Crippen molar-refractivity contribution in [1.82, 2.24) is 0 Å². The van der Waals surface area contributed by atoms with E-state index in [1.54, 1.807) is 0 Å². The molecule has 23 heavy (non-hydrogen) atoms. The first-order chi connectivity index (χ1) is 10.3. The molecule has 0 radical (unpaired) electrons. The Kier molecular flexibility index (Phi) is 5.78. The minimum atomic E-state index is -11.2. The topological polar surface area (TPSA) is 24.7 Å². The molecule has 130 valence electrons. The Morgan fingerprint density at radius 2 is 0.913 bits per heavy atom.